The predicted octanol–water partition coefficient (Wildman–Crippen LogP) is 1.80. The Bertz CT molecular complexity index is 873. The Morgan fingerprint density at radius 1 is 0.591 bits per heavy atom. The Hall–Kier alpha value is -1.98. The highest BCUT2D eigenvalue weighted by atomic mass is 16.4. The summed E-state index contributed by atoms with van der Waals surface area (Å²) in [5, 5.41) is 44.1. The van der Waals surface area contributed by atoms with Crippen molar-refractivity contribution in [2.75, 3.05) is 0 Å². The molecular weight excluding hydrogens is 280 g/mol. The molecule has 0 fully saturated rings. The van der Waals surface area contributed by atoms with Gasteiger partial charge in [0.1, 0.15) is 24.4 Å². The second kappa shape index (κ2) is 4.76. The normalized spacial score (nSPS) is 28.0. The Labute approximate surface area is 126 Å². The molecule has 1 aliphatic rings. The van der Waals surface area contributed by atoms with E-state index in [1.807, 2.05) is 36.4 Å². The summed E-state index contributed by atoms with van der Waals surface area (Å²) in [6.07, 6.45) is -5.20. The molecule has 4 nitrogen and oxygen atoms in total. The van der Waals surface area contributed by atoms with Crippen LogP contribution in [0, 0.1) is 0 Å². The third-order valence-electron chi connectivity index (χ3n) is 4.58. The molecule has 3 aromatic rings. The van der Waals surface area contributed by atoms with Gasteiger partial charge in [-0.1, -0.05) is 36.4 Å². The summed E-state index contributed by atoms with van der Waals surface area (Å²) in [5.74, 6) is 0. The van der Waals surface area contributed by atoms with Gasteiger partial charge >= 0.3 is 0 Å². The summed E-state index contributed by atoms with van der Waals surface area (Å²) in [7, 11) is 0. The van der Waals surface area contributed by atoms with E-state index in [0.29, 0.717) is 11.1 Å². The van der Waals surface area contributed by atoms with Crippen molar-refractivity contribution in [3.8, 4) is 0 Å². The summed E-state index contributed by atoms with van der Waals surface area (Å²) in [6, 6.07) is 15.5. The van der Waals surface area contributed by atoms with Crippen molar-refractivity contribution >= 4 is 21.5 Å². The Morgan fingerprint density at radius 2 is 1.18 bits per heavy atom. The standard InChI is InChI=1S/C18H16O4/c19-15-13-7-10-6-5-9-3-1-2-4-11(9)12(10)8-14(13)16(20)18(22)17(15)21/h1-8,15-22H/t15-,16+,17-,18-/m1/s1. The van der Waals surface area contributed by atoms with Crippen LogP contribution in [0.15, 0.2) is 48.5 Å². The number of fused-ring (bicyclic) bond motifs is 4. The Morgan fingerprint density at radius 3 is 1.91 bits per heavy atom. The molecule has 0 heterocycles. The molecule has 22 heavy (non-hydrogen) atoms. The van der Waals surface area contributed by atoms with Gasteiger partial charge in [0.25, 0.3) is 0 Å². The van der Waals surface area contributed by atoms with Gasteiger partial charge in [-0.3, -0.25) is 0 Å². The van der Waals surface area contributed by atoms with Crippen LogP contribution in [0.2, 0.25) is 0 Å². The lowest BCUT2D eigenvalue weighted by molar-refractivity contribution is -0.120. The average Bonchev–Trinajstić information content (AvgIpc) is 2.56. The topological polar surface area (TPSA) is 80.9 Å². The molecule has 1 aliphatic carbocycles. The SMILES string of the molecule is O[C@H]1[C@H](O)[C@@H](O)c2cc3c(ccc4ccccc43)cc2[C@H]1O. The first-order chi connectivity index (χ1) is 10.6. The lowest BCUT2D eigenvalue weighted by Crippen LogP contribution is -2.41. The first kappa shape index (κ1) is 13.7. The second-order valence-corrected chi connectivity index (χ2v) is 5.86. The van der Waals surface area contributed by atoms with Gasteiger partial charge in [0.15, 0.2) is 0 Å². The molecular formula is C18H16O4. The first-order valence-corrected chi connectivity index (χ1v) is 7.25. The number of hydrogen-bond donors (Lipinski definition) is 4. The summed E-state index contributed by atoms with van der Waals surface area (Å²) in [6.45, 7) is 0. The second-order valence-electron chi connectivity index (χ2n) is 5.86. The van der Waals surface area contributed by atoms with Crippen LogP contribution < -0.4 is 0 Å². The highest BCUT2D eigenvalue weighted by Gasteiger charge is 2.39. The van der Waals surface area contributed by atoms with Gasteiger partial charge in [0.05, 0.1) is 0 Å². The van der Waals surface area contributed by atoms with E-state index in [0.717, 1.165) is 21.5 Å². The van der Waals surface area contributed by atoms with Crippen LogP contribution in [0.4, 0.5) is 0 Å². The Balaban J connectivity index is 2.06. The van der Waals surface area contributed by atoms with Crippen molar-refractivity contribution in [1.29, 1.82) is 0 Å². The molecule has 0 saturated heterocycles. The van der Waals surface area contributed by atoms with Gasteiger partial charge in [-0.15, -0.1) is 0 Å². The molecule has 3 aromatic carbocycles. The molecule has 0 saturated carbocycles. The molecule has 4 heteroatoms. The molecule has 4 N–H and O–H groups in total. The van der Waals surface area contributed by atoms with Gasteiger partial charge in [-0.05, 0) is 44.8 Å². The van der Waals surface area contributed by atoms with Crippen molar-refractivity contribution in [2.45, 2.75) is 24.4 Å². The van der Waals surface area contributed by atoms with Gasteiger partial charge < -0.3 is 20.4 Å². The van der Waals surface area contributed by atoms with Gasteiger partial charge in [0.2, 0.25) is 0 Å². The largest absolute Gasteiger partial charge is 0.387 e. The van der Waals surface area contributed by atoms with E-state index >= 15 is 0 Å². The lowest BCUT2D eigenvalue weighted by Gasteiger charge is -2.34. The zero-order valence-electron chi connectivity index (χ0n) is 11.7. The number of rotatable bonds is 0. The van der Waals surface area contributed by atoms with Crippen molar-refractivity contribution < 1.29 is 20.4 Å². The fourth-order valence-electron chi connectivity index (χ4n) is 3.34. The summed E-state index contributed by atoms with van der Waals surface area (Å²) in [4.78, 5) is 0. The number of aliphatic hydroxyl groups is 4. The summed E-state index contributed by atoms with van der Waals surface area (Å²) in [5.41, 5.74) is 0.933. The minimum atomic E-state index is -1.39. The highest BCUT2D eigenvalue weighted by Crippen LogP contribution is 2.40. The maximum atomic E-state index is 10.2. The zero-order chi connectivity index (χ0) is 15.4. The molecule has 0 aliphatic heterocycles. The first-order valence-electron chi connectivity index (χ1n) is 7.25. The molecule has 0 bridgehead atoms. The zero-order valence-corrected chi connectivity index (χ0v) is 11.7. The number of aliphatic hydroxyl groups excluding tert-OH is 4. The number of benzene rings is 3. The van der Waals surface area contributed by atoms with Crippen LogP contribution in [-0.4, -0.2) is 32.6 Å². The smallest absolute Gasteiger partial charge is 0.113 e. The van der Waals surface area contributed by atoms with Crippen LogP contribution in [0.5, 0.6) is 0 Å². The molecule has 112 valence electrons. The fourth-order valence-corrected chi connectivity index (χ4v) is 3.34. The number of hydrogen-bond acceptors (Lipinski definition) is 4. The van der Waals surface area contributed by atoms with E-state index in [-0.39, 0.29) is 0 Å². The van der Waals surface area contributed by atoms with E-state index in [4.69, 9.17) is 0 Å². The third kappa shape index (κ3) is 1.79. The summed E-state index contributed by atoms with van der Waals surface area (Å²) >= 11 is 0. The van der Waals surface area contributed by atoms with E-state index in [9.17, 15) is 20.4 Å². The minimum Gasteiger partial charge on any atom is -0.387 e. The van der Waals surface area contributed by atoms with Crippen LogP contribution in [0.1, 0.15) is 23.3 Å². The third-order valence-corrected chi connectivity index (χ3v) is 4.58. The van der Waals surface area contributed by atoms with Crippen LogP contribution in [0.3, 0.4) is 0 Å². The fraction of sp³-hybridized carbons (Fsp3) is 0.222. The van der Waals surface area contributed by atoms with Crippen LogP contribution in [-0.2, 0) is 0 Å². The maximum Gasteiger partial charge on any atom is 0.113 e. The summed E-state index contributed by atoms with van der Waals surface area (Å²) < 4.78 is 0. The molecule has 0 unspecified atom stereocenters. The molecule has 0 spiro atoms. The van der Waals surface area contributed by atoms with E-state index in [1.54, 1.807) is 12.1 Å². The molecule has 4 atom stereocenters. The van der Waals surface area contributed by atoms with E-state index in [1.165, 1.54) is 0 Å². The Kier molecular flexibility index (Phi) is 2.96. The monoisotopic (exact) mass is 296 g/mol. The van der Waals surface area contributed by atoms with Crippen molar-refractivity contribution in [1.82, 2.24) is 0 Å². The van der Waals surface area contributed by atoms with E-state index in [2.05, 4.69) is 0 Å². The van der Waals surface area contributed by atoms with Crippen molar-refractivity contribution in [3.05, 3.63) is 59.7 Å². The average molecular weight is 296 g/mol. The van der Waals surface area contributed by atoms with Gasteiger partial charge in [-0.25, -0.2) is 0 Å². The molecule has 4 rings (SSSR count). The molecule has 0 radical (unpaired) electrons. The van der Waals surface area contributed by atoms with Crippen LogP contribution in [0.25, 0.3) is 21.5 Å². The van der Waals surface area contributed by atoms with Crippen molar-refractivity contribution in [3.63, 3.8) is 0 Å². The lowest BCUT2D eigenvalue weighted by atomic mass is 9.81. The maximum absolute atomic E-state index is 10.2. The van der Waals surface area contributed by atoms with Gasteiger partial charge in [-0.2, -0.15) is 0 Å². The quantitative estimate of drug-likeness (QED) is 0.477. The van der Waals surface area contributed by atoms with Crippen molar-refractivity contribution in [2.24, 2.45) is 0 Å². The van der Waals surface area contributed by atoms with Crippen LogP contribution >= 0.6 is 0 Å². The molecule has 0 amide bonds. The minimum absolute atomic E-state index is 0.466. The molecule has 0 aromatic heterocycles. The van der Waals surface area contributed by atoms with Gasteiger partial charge in [0, 0.05) is 0 Å². The van der Waals surface area contributed by atoms with E-state index < -0.39 is 24.4 Å². The highest BCUT2D eigenvalue weighted by molar-refractivity contribution is 6.07. The predicted molar refractivity (Wildman–Crippen MR) is 83.4 cm³/mol.